The quantitative estimate of drug-likeness (QED) is 0.0781. The summed E-state index contributed by atoms with van der Waals surface area (Å²) >= 11 is 0. The van der Waals surface area contributed by atoms with Crippen molar-refractivity contribution in [3.05, 3.63) is 36.7 Å². The number of halogens is 2. The number of amides is 2. The van der Waals surface area contributed by atoms with E-state index in [0.29, 0.717) is 18.4 Å². The maximum Gasteiger partial charge on any atom is 0.481 e. The number of hydrogen-bond acceptors (Lipinski definition) is 18. The SMILES string of the molecule is CN(C(=O)N[C@@H]1COCC1(F)F)[C@H]1CCCOc2c[n+]([C@@H]3O[C@H](COP(=O)(O)OP(=O)(O)OC[C@H]4O[C@@H](n5cnc6c(N)ncnc65)[C@H](O)[C@@H]4O)[C@@H](O)[C@H]3O)ccc21. The van der Waals surface area contributed by atoms with Gasteiger partial charge in [-0.3, -0.25) is 13.6 Å². The van der Waals surface area contributed by atoms with Crippen LogP contribution in [0.2, 0.25) is 0 Å². The Kier molecular flexibility index (Phi) is 12.1. The maximum atomic E-state index is 14.1. The molecule has 0 saturated carbocycles. The molecule has 320 valence electrons. The molecule has 7 heterocycles. The summed E-state index contributed by atoms with van der Waals surface area (Å²) in [6.07, 6.45) is -6.10. The number of nitrogens with two attached hydrogens (primary N) is 1. The molecular weight excluding hydrogens is 828 g/mol. The first-order valence-electron chi connectivity index (χ1n) is 17.6. The van der Waals surface area contributed by atoms with Crippen LogP contribution < -0.4 is 20.4 Å². The number of urea groups is 1. The first-order chi connectivity index (χ1) is 27.4. The van der Waals surface area contributed by atoms with Gasteiger partial charge >= 0.3 is 21.7 Å². The average molecular weight is 870 g/mol. The molecule has 28 heteroatoms. The fourth-order valence-electron chi connectivity index (χ4n) is 6.93. The van der Waals surface area contributed by atoms with Crippen molar-refractivity contribution in [2.75, 3.05) is 45.8 Å². The Morgan fingerprint density at radius 2 is 1.76 bits per heavy atom. The molecule has 24 nitrogen and oxygen atoms in total. The largest absolute Gasteiger partial charge is 0.487 e. The van der Waals surface area contributed by atoms with Crippen molar-refractivity contribution in [3.8, 4) is 5.75 Å². The van der Waals surface area contributed by atoms with Crippen LogP contribution >= 0.6 is 15.6 Å². The number of alkyl halides is 2. The maximum absolute atomic E-state index is 14.1. The van der Waals surface area contributed by atoms with E-state index in [0.717, 1.165) is 6.33 Å². The Labute approximate surface area is 326 Å². The Morgan fingerprint density at radius 3 is 2.45 bits per heavy atom. The molecule has 0 aliphatic carbocycles. The molecular formula is C30H41F2N8O16P2+. The second-order valence-corrected chi connectivity index (χ2v) is 16.9. The van der Waals surface area contributed by atoms with Crippen LogP contribution in [0.5, 0.6) is 5.75 Å². The number of hydrogen-bond donors (Lipinski definition) is 8. The van der Waals surface area contributed by atoms with E-state index in [1.165, 1.54) is 39.8 Å². The van der Waals surface area contributed by atoms with Crippen LogP contribution in [0.4, 0.5) is 19.4 Å². The van der Waals surface area contributed by atoms with Crippen LogP contribution in [-0.4, -0.2) is 149 Å². The van der Waals surface area contributed by atoms with Gasteiger partial charge < -0.3 is 65.1 Å². The highest BCUT2D eigenvalue weighted by Gasteiger charge is 2.51. The minimum absolute atomic E-state index is 0.0366. The van der Waals surface area contributed by atoms with Crippen LogP contribution in [-0.2, 0) is 36.7 Å². The predicted molar refractivity (Wildman–Crippen MR) is 184 cm³/mol. The molecule has 58 heavy (non-hydrogen) atoms. The third kappa shape index (κ3) is 8.67. The number of aromatic nitrogens is 5. The molecule has 4 aliphatic rings. The van der Waals surface area contributed by atoms with Crippen LogP contribution in [0.15, 0.2) is 31.1 Å². The summed E-state index contributed by atoms with van der Waals surface area (Å²) in [5.41, 5.74) is 6.62. The van der Waals surface area contributed by atoms with Gasteiger partial charge in [0.1, 0.15) is 55.0 Å². The number of nitrogens with zero attached hydrogens (tertiary/aromatic N) is 6. The second kappa shape index (κ2) is 16.5. The summed E-state index contributed by atoms with van der Waals surface area (Å²) in [7, 11) is -9.44. The number of aliphatic hydroxyl groups excluding tert-OH is 4. The van der Waals surface area contributed by atoms with Crippen molar-refractivity contribution in [2.24, 2.45) is 0 Å². The summed E-state index contributed by atoms with van der Waals surface area (Å²) in [5.74, 6) is -2.93. The van der Waals surface area contributed by atoms with Gasteiger partial charge in [-0.15, -0.1) is 0 Å². The number of pyridine rings is 1. The van der Waals surface area contributed by atoms with Gasteiger partial charge in [-0.2, -0.15) is 8.88 Å². The number of ether oxygens (including phenoxy) is 4. The van der Waals surface area contributed by atoms with E-state index in [1.807, 2.05) is 0 Å². The molecule has 7 rings (SSSR count). The molecule has 0 spiro atoms. The molecule has 0 bridgehead atoms. The van der Waals surface area contributed by atoms with Gasteiger partial charge in [-0.05, 0) is 12.8 Å². The molecule has 12 atom stereocenters. The first-order valence-corrected chi connectivity index (χ1v) is 20.6. The summed E-state index contributed by atoms with van der Waals surface area (Å²) in [6.45, 7) is -2.79. The lowest BCUT2D eigenvalue weighted by Crippen LogP contribution is -2.51. The van der Waals surface area contributed by atoms with Crippen molar-refractivity contribution < 1.29 is 89.8 Å². The Hall–Kier alpha value is -3.59. The first kappa shape index (κ1) is 42.5. The topological polar surface area (TPSA) is 326 Å². The predicted octanol–water partition coefficient (Wildman–Crippen LogP) is -1.23. The number of aliphatic hydroxyl groups is 4. The zero-order valence-corrected chi connectivity index (χ0v) is 32.1. The molecule has 0 aromatic carbocycles. The van der Waals surface area contributed by atoms with Crippen molar-refractivity contribution in [1.29, 1.82) is 0 Å². The van der Waals surface area contributed by atoms with Crippen LogP contribution in [0.25, 0.3) is 11.2 Å². The number of phosphoric ester groups is 2. The normalized spacial score (nSPS) is 32.8. The second-order valence-electron chi connectivity index (χ2n) is 13.9. The molecule has 3 aromatic heterocycles. The molecule has 3 saturated heterocycles. The number of anilines is 1. The Morgan fingerprint density at radius 1 is 1.07 bits per heavy atom. The number of fused-ring (bicyclic) bond motifs is 2. The molecule has 3 aromatic rings. The lowest BCUT2D eigenvalue weighted by Gasteiger charge is -2.30. The lowest BCUT2D eigenvalue weighted by molar-refractivity contribution is -0.766. The van der Waals surface area contributed by atoms with Gasteiger partial charge in [0.05, 0.1) is 38.8 Å². The van der Waals surface area contributed by atoms with Crippen molar-refractivity contribution in [3.63, 3.8) is 0 Å². The Bertz CT molecular complexity index is 2090. The smallest absolute Gasteiger partial charge is 0.481 e. The summed E-state index contributed by atoms with van der Waals surface area (Å²) in [4.78, 5) is 46.6. The summed E-state index contributed by atoms with van der Waals surface area (Å²) in [6, 6.07) is -1.29. The molecule has 3 fully saturated rings. The van der Waals surface area contributed by atoms with Gasteiger partial charge in [-0.25, -0.2) is 37.7 Å². The molecule has 2 amide bonds. The van der Waals surface area contributed by atoms with Gasteiger partial charge in [0.2, 0.25) is 6.20 Å². The van der Waals surface area contributed by atoms with Gasteiger partial charge in [-0.1, -0.05) is 0 Å². The zero-order chi connectivity index (χ0) is 41.7. The van der Waals surface area contributed by atoms with Gasteiger partial charge in [0.15, 0.2) is 35.7 Å². The molecule has 9 N–H and O–H groups in total. The molecule has 4 aliphatic heterocycles. The van der Waals surface area contributed by atoms with Crippen molar-refractivity contribution in [2.45, 2.75) is 79.9 Å². The molecule has 2 unspecified atom stereocenters. The van der Waals surface area contributed by atoms with E-state index in [4.69, 9.17) is 33.7 Å². The van der Waals surface area contributed by atoms with Gasteiger partial charge in [0.25, 0.3) is 12.2 Å². The number of nitrogens with one attached hydrogen (secondary N) is 1. The summed E-state index contributed by atoms with van der Waals surface area (Å²) < 4.78 is 92.0. The van der Waals surface area contributed by atoms with Crippen molar-refractivity contribution >= 4 is 38.7 Å². The standard InChI is InChI=1S/C30H40F2N8O16P2/c1-38(29(45)37-19-10-50-11-30(19,31)32)15-3-2-6-51-16-7-39(5-4-14(15)16)27-23(43)21(41)17(54-27)8-52-57(46,47)56-58(48,49)53-9-18-22(42)24(44)28(55-18)40-13-36-20-25(33)34-12-35-26(20)40/h4-5,7,12-13,15,17-19,21-24,27-28,41-44H,2-3,6,8-11H2,1H3,(H4-,33,34,35,37,45,46,47,48,49)/p+1/t15-,17+,18+,19+,21+,22+,23+,24+,27+,28+/m0/s1. The Balaban J connectivity index is 0.935. The number of nitrogen functional groups attached to an aromatic ring is 1. The number of carbonyl (C=O) groups excluding carboxylic acids is 1. The average Bonchev–Trinajstić information content (AvgIpc) is 3.85. The van der Waals surface area contributed by atoms with E-state index in [2.05, 4.69) is 24.6 Å². The van der Waals surface area contributed by atoms with Crippen molar-refractivity contribution in [1.82, 2.24) is 29.7 Å². The summed E-state index contributed by atoms with van der Waals surface area (Å²) in [5, 5.41) is 45.0. The number of carbonyl (C=O) groups is 1. The highest BCUT2D eigenvalue weighted by Crippen LogP contribution is 2.61. The zero-order valence-electron chi connectivity index (χ0n) is 30.3. The van der Waals surface area contributed by atoms with Crippen LogP contribution in [0.1, 0.15) is 36.9 Å². The third-order valence-electron chi connectivity index (χ3n) is 10.0. The highest BCUT2D eigenvalue weighted by molar-refractivity contribution is 7.61. The number of phosphoric acid groups is 2. The highest BCUT2D eigenvalue weighted by atomic mass is 31.3. The van der Waals surface area contributed by atoms with E-state index >= 15 is 0 Å². The fraction of sp³-hybridized carbons (Fsp3) is 0.633. The minimum atomic E-state index is -5.45. The lowest BCUT2D eigenvalue weighted by atomic mass is 10.0. The van der Waals surface area contributed by atoms with Crippen LogP contribution in [0, 0.1) is 0 Å². The van der Waals surface area contributed by atoms with E-state index in [9.17, 15) is 52.9 Å². The van der Waals surface area contributed by atoms with Gasteiger partial charge in [0, 0.05) is 18.7 Å². The number of rotatable bonds is 12. The number of imidazole rings is 1. The minimum Gasteiger partial charge on any atom is -0.487 e. The van der Waals surface area contributed by atoms with E-state index in [1.54, 1.807) is 6.07 Å². The van der Waals surface area contributed by atoms with E-state index in [-0.39, 0.29) is 35.9 Å². The third-order valence-corrected chi connectivity index (χ3v) is 12.6. The molecule has 0 radical (unpaired) electrons. The van der Waals surface area contributed by atoms with E-state index < -0.39 is 109 Å². The van der Waals surface area contributed by atoms with Crippen LogP contribution in [0.3, 0.4) is 0 Å². The fourth-order valence-corrected chi connectivity index (χ4v) is 9.02. The monoisotopic (exact) mass is 869 g/mol.